The van der Waals surface area contributed by atoms with Crippen molar-refractivity contribution in [3.63, 3.8) is 0 Å². The molecule has 2 unspecified atom stereocenters. The molecule has 9 nitrogen and oxygen atoms in total. The summed E-state index contributed by atoms with van der Waals surface area (Å²) in [6.45, 7) is 2.09. The molecule has 11 heteroatoms. The van der Waals surface area contributed by atoms with Crippen molar-refractivity contribution in [2.75, 3.05) is 18.6 Å². The second kappa shape index (κ2) is 9.65. The van der Waals surface area contributed by atoms with Gasteiger partial charge in [0.05, 0.1) is 17.6 Å². The van der Waals surface area contributed by atoms with Crippen LogP contribution in [0.3, 0.4) is 0 Å². The maximum atomic E-state index is 12.3. The molecule has 1 rings (SSSR count). The quantitative estimate of drug-likeness (QED) is 0.296. The monoisotopic (exact) mass is 413 g/mol. The lowest BCUT2D eigenvalue weighted by molar-refractivity contribution is -0.148. The number of carbonyl (C=O) groups is 2. The molecule has 0 aliphatic heterocycles. The van der Waals surface area contributed by atoms with Crippen LogP contribution in [0, 0.1) is 5.92 Å². The summed E-state index contributed by atoms with van der Waals surface area (Å²) in [4.78, 5) is 24.5. The third-order valence-electron chi connectivity index (χ3n) is 4.30. The Morgan fingerprint density at radius 3 is 2.38 bits per heavy atom. The Kier molecular flexibility index (Phi) is 8.48. The first-order valence-electron chi connectivity index (χ1n) is 8.55. The van der Waals surface area contributed by atoms with Gasteiger partial charge in [-0.1, -0.05) is 13.3 Å². The lowest BCUT2D eigenvalue weighted by atomic mass is 10.1. The third kappa shape index (κ3) is 8.00. The fraction of sp³-hybridized carbons (Fsp3) is 0.867. The standard InChI is InChI=1S/C15H27NO8S2/c1-3-4-8-24-15(18)13(7-9-25(2,19)20)16-14(17)11-5-6-12(10-11)26(21,22)23/h11-13H,3-10H2,1-2H3,(H,16,17)(H,21,22,23)/t11?,12?,13-/m0/s1. The summed E-state index contributed by atoms with van der Waals surface area (Å²) < 4.78 is 59.2. The molecule has 2 N–H and O–H groups in total. The molecule has 152 valence electrons. The molecule has 26 heavy (non-hydrogen) atoms. The van der Waals surface area contributed by atoms with Crippen LogP contribution in [-0.4, -0.2) is 63.2 Å². The third-order valence-corrected chi connectivity index (χ3v) is 6.54. The lowest BCUT2D eigenvalue weighted by Gasteiger charge is -2.19. The second-order valence-corrected chi connectivity index (χ2v) is 10.6. The number of carbonyl (C=O) groups excluding carboxylic acids is 2. The molecule has 1 aliphatic carbocycles. The van der Waals surface area contributed by atoms with Crippen molar-refractivity contribution in [3.05, 3.63) is 0 Å². The topological polar surface area (TPSA) is 144 Å². The highest BCUT2D eigenvalue weighted by atomic mass is 32.2. The molecule has 0 spiro atoms. The van der Waals surface area contributed by atoms with Gasteiger partial charge in [0.2, 0.25) is 5.91 Å². The van der Waals surface area contributed by atoms with Crippen molar-refractivity contribution in [3.8, 4) is 0 Å². The molecule has 1 aliphatic rings. The second-order valence-electron chi connectivity index (χ2n) is 6.65. The molecule has 1 fully saturated rings. The number of nitrogens with one attached hydrogen (secondary N) is 1. The van der Waals surface area contributed by atoms with E-state index in [0.29, 0.717) is 6.42 Å². The Morgan fingerprint density at radius 2 is 1.88 bits per heavy atom. The highest BCUT2D eigenvalue weighted by molar-refractivity contribution is 7.90. The molecule has 0 aromatic heterocycles. The number of hydrogen-bond acceptors (Lipinski definition) is 7. The smallest absolute Gasteiger partial charge is 0.328 e. The number of esters is 1. The summed E-state index contributed by atoms with van der Waals surface area (Å²) in [5.41, 5.74) is 0. The van der Waals surface area contributed by atoms with Gasteiger partial charge in [0.1, 0.15) is 15.9 Å². The van der Waals surface area contributed by atoms with Gasteiger partial charge in [-0.15, -0.1) is 0 Å². The molecule has 0 heterocycles. The molecular weight excluding hydrogens is 386 g/mol. The van der Waals surface area contributed by atoms with E-state index in [1.54, 1.807) is 0 Å². The molecule has 0 aromatic carbocycles. The largest absolute Gasteiger partial charge is 0.464 e. The van der Waals surface area contributed by atoms with E-state index < -0.39 is 49.0 Å². The van der Waals surface area contributed by atoms with E-state index in [2.05, 4.69) is 5.32 Å². The maximum absolute atomic E-state index is 12.3. The number of rotatable bonds is 10. The predicted molar refractivity (Wildman–Crippen MR) is 94.8 cm³/mol. The van der Waals surface area contributed by atoms with E-state index in [9.17, 15) is 26.4 Å². The Bertz CT molecular complexity index is 701. The van der Waals surface area contributed by atoms with Crippen LogP contribution in [0.15, 0.2) is 0 Å². The van der Waals surface area contributed by atoms with Gasteiger partial charge in [0.25, 0.3) is 10.1 Å². The fourth-order valence-corrected chi connectivity index (χ4v) is 4.31. The first-order valence-corrected chi connectivity index (χ1v) is 12.1. The molecule has 3 atom stereocenters. The van der Waals surface area contributed by atoms with Gasteiger partial charge in [-0.2, -0.15) is 8.42 Å². The van der Waals surface area contributed by atoms with Gasteiger partial charge < -0.3 is 10.1 Å². The Hall–Kier alpha value is -1.20. The van der Waals surface area contributed by atoms with Gasteiger partial charge in [-0.05, 0) is 32.1 Å². The summed E-state index contributed by atoms with van der Waals surface area (Å²) in [6.07, 6.45) is 2.76. The number of unbranched alkanes of at least 4 members (excludes halogenated alkanes) is 1. The zero-order chi connectivity index (χ0) is 20.0. The van der Waals surface area contributed by atoms with Crippen LogP contribution in [0.2, 0.25) is 0 Å². The molecule has 1 amide bonds. The van der Waals surface area contributed by atoms with Gasteiger partial charge in [-0.25, -0.2) is 13.2 Å². The van der Waals surface area contributed by atoms with Crippen LogP contribution in [0.4, 0.5) is 0 Å². The average Bonchev–Trinajstić information content (AvgIpc) is 3.00. The van der Waals surface area contributed by atoms with Crippen molar-refractivity contribution in [1.29, 1.82) is 0 Å². The van der Waals surface area contributed by atoms with Crippen LogP contribution < -0.4 is 5.32 Å². The van der Waals surface area contributed by atoms with Crippen LogP contribution in [0.5, 0.6) is 0 Å². The van der Waals surface area contributed by atoms with Gasteiger partial charge in [-0.3, -0.25) is 9.35 Å². The zero-order valence-corrected chi connectivity index (χ0v) is 16.6. The summed E-state index contributed by atoms with van der Waals surface area (Å²) in [5, 5.41) is 1.48. The van der Waals surface area contributed by atoms with Crippen LogP contribution >= 0.6 is 0 Å². The number of sulfone groups is 1. The maximum Gasteiger partial charge on any atom is 0.328 e. The van der Waals surface area contributed by atoms with Crippen molar-refractivity contribution in [2.24, 2.45) is 5.92 Å². The van der Waals surface area contributed by atoms with Crippen molar-refractivity contribution >= 4 is 31.8 Å². The summed E-state index contributed by atoms with van der Waals surface area (Å²) >= 11 is 0. The van der Waals surface area contributed by atoms with E-state index in [-0.39, 0.29) is 38.0 Å². The molecule has 0 aromatic rings. The Balaban J connectivity index is 2.71. The highest BCUT2D eigenvalue weighted by Crippen LogP contribution is 2.30. The minimum atomic E-state index is -4.21. The van der Waals surface area contributed by atoms with Crippen molar-refractivity contribution in [2.45, 2.75) is 56.7 Å². The summed E-state index contributed by atoms with van der Waals surface area (Å²) in [6, 6.07) is -1.11. The van der Waals surface area contributed by atoms with E-state index in [1.165, 1.54) is 0 Å². The average molecular weight is 414 g/mol. The van der Waals surface area contributed by atoms with E-state index >= 15 is 0 Å². The van der Waals surface area contributed by atoms with E-state index in [4.69, 9.17) is 9.29 Å². The summed E-state index contributed by atoms with van der Waals surface area (Å²) in [7, 11) is -7.54. The number of amides is 1. The first-order chi connectivity index (χ1) is 11.9. The first kappa shape index (κ1) is 22.8. The number of ether oxygens (including phenoxy) is 1. The fourth-order valence-electron chi connectivity index (χ4n) is 2.74. The van der Waals surface area contributed by atoms with Crippen molar-refractivity contribution < 1.29 is 35.7 Å². The van der Waals surface area contributed by atoms with Gasteiger partial charge in [0.15, 0.2) is 0 Å². The van der Waals surface area contributed by atoms with Crippen LogP contribution in [0.1, 0.15) is 45.4 Å². The van der Waals surface area contributed by atoms with Gasteiger partial charge in [0, 0.05) is 12.2 Å². The van der Waals surface area contributed by atoms with Crippen molar-refractivity contribution in [1.82, 2.24) is 5.32 Å². The normalized spacial score (nSPS) is 22.0. The minimum absolute atomic E-state index is 0.0334. The molecule has 0 saturated heterocycles. The van der Waals surface area contributed by atoms with Gasteiger partial charge >= 0.3 is 5.97 Å². The van der Waals surface area contributed by atoms with E-state index in [0.717, 1.165) is 12.7 Å². The Morgan fingerprint density at radius 1 is 1.23 bits per heavy atom. The van der Waals surface area contributed by atoms with Crippen LogP contribution in [0.25, 0.3) is 0 Å². The molecule has 0 bridgehead atoms. The van der Waals surface area contributed by atoms with Crippen LogP contribution in [-0.2, 0) is 34.3 Å². The summed E-state index contributed by atoms with van der Waals surface area (Å²) in [5.74, 6) is -2.20. The Labute approximate surface area is 154 Å². The number of hydrogen-bond donors (Lipinski definition) is 2. The molecule has 1 saturated carbocycles. The zero-order valence-electron chi connectivity index (χ0n) is 15.0. The molecular formula is C15H27NO8S2. The lowest BCUT2D eigenvalue weighted by Crippen LogP contribution is -2.45. The molecule has 0 radical (unpaired) electrons. The SMILES string of the molecule is CCCCOC(=O)[C@H](CCS(C)(=O)=O)NC(=O)C1CCC(S(=O)(=O)O)C1. The minimum Gasteiger partial charge on any atom is -0.464 e. The highest BCUT2D eigenvalue weighted by Gasteiger charge is 2.37. The van der Waals surface area contributed by atoms with E-state index in [1.807, 2.05) is 6.92 Å². The predicted octanol–water partition coefficient (Wildman–Crippen LogP) is 0.306.